The Morgan fingerprint density at radius 2 is 1.76 bits per heavy atom. The summed E-state index contributed by atoms with van der Waals surface area (Å²) in [6, 6.07) is 11.1. The summed E-state index contributed by atoms with van der Waals surface area (Å²) in [7, 11) is 3.12. The predicted molar refractivity (Wildman–Crippen MR) is 146 cm³/mol. The van der Waals surface area contributed by atoms with Gasteiger partial charge in [-0.15, -0.1) is 0 Å². The molecule has 0 spiro atoms. The van der Waals surface area contributed by atoms with Crippen LogP contribution in [0.3, 0.4) is 0 Å². The van der Waals surface area contributed by atoms with E-state index in [4.69, 9.17) is 5.73 Å². The monoisotopic (exact) mass is 561 g/mol. The zero-order valence-electron chi connectivity index (χ0n) is 22.5. The number of amides is 1. The fourth-order valence-corrected chi connectivity index (χ4v) is 6.52. The first-order chi connectivity index (χ1) is 19.4. The highest BCUT2D eigenvalue weighted by Gasteiger charge is 2.63. The molecular formula is C30H31N3O8. The maximum absolute atomic E-state index is 13.8. The number of Topliss-reactive ketones (excluding diaryl/α,β-unsaturated/α-hetero) is 3. The maximum Gasteiger partial charge on any atom is 0.255 e. The zero-order valence-corrected chi connectivity index (χ0v) is 22.5. The highest BCUT2D eigenvalue weighted by Crippen LogP contribution is 2.52. The second kappa shape index (κ2) is 10.3. The van der Waals surface area contributed by atoms with Gasteiger partial charge in [-0.2, -0.15) is 0 Å². The molecule has 5 rings (SSSR count). The summed E-state index contributed by atoms with van der Waals surface area (Å²) in [6.07, 6.45) is -0.00992. The third-order valence-electron chi connectivity index (χ3n) is 8.36. The van der Waals surface area contributed by atoms with Crippen LogP contribution in [-0.2, 0) is 22.6 Å². The number of benzene rings is 2. The number of nitrogens with one attached hydrogen (secondary N) is 1. The number of nitrogens with zero attached hydrogens (tertiary/aromatic N) is 1. The van der Waals surface area contributed by atoms with Gasteiger partial charge in [0.1, 0.15) is 22.8 Å². The lowest BCUT2D eigenvalue weighted by atomic mass is 9.58. The maximum atomic E-state index is 13.8. The molecule has 0 fully saturated rings. The van der Waals surface area contributed by atoms with Gasteiger partial charge < -0.3 is 31.5 Å². The van der Waals surface area contributed by atoms with E-state index in [0.29, 0.717) is 12.1 Å². The number of aromatic hydroxyl groups is 1. The first-order valence-corrected chi connectivity index (χ1v) is 13.2. The average molecular weight is 562 g/mol. The van der Waals surface area contributed by atoms with Crippen molar-refractivity contribution >= 4 is 23.3 Å². The summed E-state index contributed by atoms with van der Waals surface area (Å²) in [5.74, 6) is -7.62. The minimum Gasteiger partial charge on any atom is -0.510 e. The Hall–Kier alpha value is -4.32. The molecule has 2 aromatic rings. The van der Waals surface area contributed by atoms with E-state index in [2.05, 4.69) is 5.32 Å². The molecule has 4 atom stereocenters. The minimum absolute atomic E-state index is 0.0347. The smallest absolute Gasteiger partial charge is 0.255 e. The van der Waals surface area contributed by atoms with Gasteiger partial charge in [0.2, 0.25) is 5.78 Å². The van der Waals surface area contributed by atoms with Crippen molar-refractivity contribution < 1.29 is 39.6 Å². The predicted octanol–water partition coefficient (Wildman–Crippen LogP) is 1.09. The fourth-order valence-electron chi connectivity index (χ4n) is 6.52. The molecule has 7 N–H and O–H groups in total. The number of rotatable bonds is 7. The molecule has 0 radical (unpaired) electrons. The number of likely N-dealkylation sites (N-methyl/N-ethyl adjacent to an activating group) is 1. The third kappa shape index (κ3) is 4.33. The van der Waals surface area contributed by atoms with E-state index in [9.17, 15) is 39.6 Å². The van der Waals surface area contributed by atoms with Gasteiger partial charge in [0.05, 0.1) is 18.2 Å². The van der Waals surface area contributed by atoms with Crippen molar-refractivity contribution in [1.82, 2.24) is 10.2 Å². The number of ketones is 3. The summed E-state index contributed by atoms with van der Waals surface area (Å²) < 4.78 is 0. The van der Waals surface area contributed by atoms with Gasteiger partial charge in [-0.25, -0.2) is 0 Å². The first-order valence-electron chi connectivity index (χ1n) is 13.2. The van der Waals surface area contributed by atoms with Crippen molar-refractivity contribution in [3.63, 3.8) is 0 Å². The molecule has 41 heavy (non-hydrogen) atoms. The normalized spacial score (nSPS) is 25.6. The molecule has 3 aliphatic rings. The summed E-state index contributed by atoms with van der Waals surface area (Å²) in [5.41, 5.74) is 2.82. The number of allylic oxidation sites excluding steroid dienone is 1. The van der Waals surface area contributed by atoms with E-state index in [-0.39, 0.29) is 41.9 Å². The second-order valence-corrected chi connectivity index (χ2v) is 11.0. The highest BCUT2D eigenvalue weighted by atomic mass is 16.3. The molecule has 0 unspecified atom stereocenters. The van der Waals surface area contributed by atoms with Crippen LogP contribution in [-0.4, -0.2) is 80.9 Å². The van der Waals surface area contributed by atoms with E-state index in [1.54, 1.807) is 14.1 Å². The van der Waals surface area contributed by atoms with Crippen LogP contribution in [0.2, 0.25) is 0 Å². The number of fused-ring (bicyclic) bond motifs is 3. The molecule has 214 valence electrons. The van der Waals surface area contributed by atoms with Crippen molar-refractivity contribution in [3.05, 3.63) is 87.4 Å². The SMILES string of the molecule is CN(C)[C@@H]1C(O)=C(C(N)=O)C(=O)[C@@]2(O)C(O)=C3C(=O)c4c(O)ccc(C(=O)CNCc5ccccc5)c4C[C@H]3C[C@@H]12. The average Bonchev–Trinajstić information content (AvgIpc) is 2.91. The molecule has 0 bridgehead atoms. The summed E-state index contributed by atoms with van der Waals surface area (Å²) in [6.45, 7) is 0.409. The Kier molecular flexibility index (Phi) is 7.06. The number of aliphatic hydroxyl groups is 3. The molecule has 0 saturated carbocycles. The van der Waals surface area contributed by atoms with Crippen LogP contribution in [0, 0.1) is 11.8 Å². The summed E-state index contributed by atoms with van der Waals surface area (Å²) >= 11 is 0. The van der Waals surface area contributed by atoms with Gasteiger partial charge >= 0.3 is 0 Å². The third-order valence-corrected chi connectivity index (χ3v) is 8.36. The van der Waals surface area contributed by atoms with Crippen molar-refractivity contribution in [2.24, 2.45) is 17.6 Å². The standard InChI is InChI=1S/C30H31N3O8/c1-33(2)24-18-11-15-10-17-16(20(35)13-32-12-14-6-4-3-5-7-14)8-9-19(34)22(17)25(36)21(15)27(38)30(18,41)28(39)23(26(24)37)29(31)40/h3-9,15,18,24,32,34,37-38,41H,10-13H2,1-2H3,(H2,31,40)/t15-,18-,24-,30-/m0/s1. The van der Waals surface area contributed by atoms with E-state index in [1.807, 2.05) is 30.3 Å². The Balaban J connectivity index is 1.55. The molecule has 3 aliphatic carbocycles. The molecule has 0 aromatic heterocycles. The van der Waals surface area contributed by atoms with Gasteiger partial charge in [-0.1, -0.05) is 30.3 Å². The number of nitrogens with two attached hydrogens (primary N) is 1. The number of aliphatic hydroxyl groups excluding tert-OH is 2. The molecule has 2 aromatic carbocycles. The molecule has 11 nitrogen and oxygen atoms in total. The fraction of sp³-hybridized carbons (Fsp3) is 0.333. The number of phenols is 1. The summed E-state index contributed by atoms with van der Waals surface area (Å²) in [4.78, 5) is 54.0. The highest BCUT2D eigenvalue weighted by molar-refractivity contribution is 6.25. The number of hydrogen-bond donors (Lipinski definition) is 6. The Morgan fingerprint density at radius 1 is 1.07 bits per heavy atom. The van der Waals surface area contributed by atoms with Gasteiger partial charge in [0, 0.05) is 23.6 Å². The van der Waals surface area contributed by atoms with Gasteiger partial charge in [-0.05, 0) is 56.1 Å². The second-order valence-electron chi connectivity index (χ2n) is 11.0. The molecular weight excluding hydrogens is 530 g/mol. The van der Waals surface area contributed by atoms with Crippen LogP contribution in [0.15, 0.2) is 65.1 Å². The number of phenolic OH excluding ortho intramolecular Hbond substituents is 1. The molecule has 0 aliphatic heterocycles. The molecule has 0 heterocycles. The lowest BCUT2D eigenvalue weighted by molar-refractivity contribution is -0.148. The van der Waals surface area contributed by atoms with E-state index in [0.717, 1.165) is 5.56 Å². The number of primary amides is 1. The molecule has 11 heteroatoms. The van der Waals surface area contributed by atoms with Crippen LogP contribution < -0.4 is 11.1 Å². The van der Waals surface area contributed by atoms with Gasteiger partial charge in [-0.3, -0.25) is 24.1 Å². The van der Waals surface area contributed by atoms with Gasteiger partial charge in [0.25, 0.3) is 5.91 Å². The lowest BCUT2D eigenvalue weighted by Crippen LogP contribution is -2.63. The number of hydrogen-bond acceptors (Lipinski definition) is 10. The zero-order chi connectivity index (χ0) is 29.8. The molecule has 1 amide bonds. The van der Waals surface area contributed by atoms with Crippen LogP contribution >= 0.6 is 0 Å². The molecule has 0 saturated heterocycles. The van der Waals surface area contributed by atoms with Crippen molar-refractivity contribution in [2.45, 2.75) is 31.0 Å². The Bertz CT molecular complexity index is 1540. The quantitative estimate of drug-likeness (QED) is 0.211. The van der Waals surface area contributed by atoms with Crippen LogP contribution in [0.25, 0.3) is 0 Å². The van der Waals surface area contributed by atoms with E-state index < -0.39 is 63.8 Å². The van der Waals surface area contributed by atoms with E-state index >= 15 is 0 Å². The van der Waals surface area contributed by atoms with Gasteiger partial charge in [0.15, 0.2) is 17.2 Å². The van der Waals surface area contributed by atoms with Crippen LogP contribution in [0.5, 0.6) is 5.75 Å². The minimum atomic E-state index is -2.71. The number of carbonyl (C=O) groups is 4. The first kappa shape index (κ1) is 28.2. The van der Waals surface area contributed by atoms with Crippen LogP contribution in [0.4, 0.5) is 0 Å². The topological polar surface area (TPSA) is 190 Å². The number of carbonyl (C=O) groups excluding carboxylic acids is 4. The largest absolute Gasteiger partial charge is 0.510 e. The Morgan fingerprint density at radius 3 is 2.39 bits per heavy atom. The Labute approximate surface area is 235 Å². The van der Waals surface area contributed by atoms with E-state index in [1.165, 1.54) is 17.0 Å². The van der Waals surface area contributed by atoms with Crippen LogP contribution in [0.1, 0.15) is 38.3 Å². The lowest BCUT2D eigenvalue weighted by Gasteiger charge is -2.50. The summed E-state index contributed by atoms with van der Waals surface area (Å²) in [5, 5.41) is 47.6. The van der Waals surface area contributed by atoms with Crippen molar-refractivity contribution in [1.29, 1.82) is 0 Å². The van der Waals surface area contributed by atoms with Crippen molar-refractivity contribution in [3.8, 4) is 5.75 Å². The van der Waals surface area contributed by atoms with Crippen molar-refractivity contribution in [2.75, 3.05) is 20.6 Å².